The van der Waals surface area contributed by atoms with E-state index >= 15 is 0 Å². The summed E-state index contributed by atoms with van der Waals surface area (Å²) < 4.78 is 1.50. The van der Waals surface area contributed by atoms with Gasteiger partial charge in [0.2, 0.25) is 5.91 Å². The first-order valence-electron chi connectivity index (χ1n) is 10.9. The van der Waals surface area contributed by atoms with Gasteiger partial charge in [0, 0.05) is 40.4 Å². The molecule has 34 heavy (non-hydrogen) atoms. The number of rotatable bonds is 6. The molecule has 1 aliphatic rings. The molecule has 3 aromatic heterocycles. The third kappa shape index (κ3) is 4.24. The largest absolute Gasteiger partial charge is 0.302 e. The van der Waals surface area contributed by atoms with Crippen molar-refractivity contribution >= 4 is 49.6 Å². The first-order chi connectivity index (χ1) is 16.4. The Morgan fingerprint density at radius 1 is 1.29 bits per heavy atom. The molecular formula is C23H21N5O4S2. The number of thiophene rings is 1. The number of hydrogen-bond donors (Lipinski definition) is 1. The van der Waals surface area contributed by atoms with Gasteiger partial charge in [-0.15, -0.1) is 22.7 Å². The highest BCUT2D eigenvalue weighted by Crippen LogP contribution is 2.33. The number of carbonyl (C=O) groups is 1. The minimum Gasteiger partial charge on any atom is -0.302 e. The van der Waals surface area contributed by atoms with Gasteiger partial charge in [0.25, 0.3) is 11.2 Å². The second kappa shape index (κ2) is 9.07. The molecule has 5 rings (SSSR count). The third-order valence-corrected chi connectivity index (χ3v) is 7.93. The van der Waals surface area contributed by atoms with E-state index in [9.17, 15) is 19.7 Å². The van der Waals surface area contributed by atoms with Crippen molar-refractivity contribution in [3.8, 4) is 11.3 Å². The summed E-state index contributed by atoms with van der Waals surface area (Å²) in [7, 11) is 0. The lowest BCUT2D eigenvalue weighted by Crippen LogP contribution is -2.24. The Hall–Kier alpha value is -3.44. The average Bonchev–Trinajstić information content (AvgIpc) is 3.43. The number of benzene rings is 1. The van der Waals surface area contributed by atoms with Gasteiger partial charge in [-0.25, -0.2) is 9.97 Å². The van der Waals surface area contributed by atoms with Crippen LogP contribution in [0.15, 0.2) is 34.7 Å². The maximum atomic E-state index is 13.0. The van der Waals surface area contributed by atoms with E-state index in [1.54, 1.807) is 35.8 Å². The fourth-order valence-electron chi connectivity index (χ4n) is 4.17. The Morgan fingerprint density at radius 3 is 2.94 bits per heavy atom. The molecule has 174 valence electrons. The van der Waals surface area contributed by atoms with Crippen LogP contribution in [0.5, 0.6) is 0 Å². The highest BCUT2D eigenvalue weighted by Gasteiger charge is 2.20. The number of aryl methyl sites for hydroxylation is 4. The maximum Gasteiger partial charge on any atom is 0.272 e. The lowest BCUT2D eigenvalue weighted by molar-refractivity contribution is -0.385. The number of nitro benzene ring substituents is 1. The van der Waals surface area contributed by atoms with Crippen molar-refractivity contribution in [2.24, 2.45) is 0 Å². The van der Waals surface area contributed by atoms with Crippen molar-refractivity contribution in [2.75, 3.05) is 5.32 Å². The molecule has 4 aromatic rings. The topological polar surface area (TPSA) is 120 Å². The Kier molecular flexibility index (Phi) is 5.96. The molecule has 0 unspecified atom stereocenters. The average molecular weight is 496 g/mol. The molecule has 0 saturated heterocycles. The van der Waals surface area contributed by atoms with Gasteiger partial charge >= 0.3 is 0 Å². The number of nitrogens with one attached hydrogen (secondary N) is 1. The van der Waals surface area contributed by atoms with E-state index in [0.717, 1.165) is 36.1 Å². The van der Waals surface area contributed by atoms with Crippen molar-refractivity contribution < 1.29 is 9.72 Å². The normalized spacial score (nSPS) is 13.1. The van der Waals surface area contributed by atoms with E-state index in [2.05, 4.69) is 15.3 Å². The molecule has 0 fully saturated rings. The predicted molar refractivity (Wildman–Crippen MR) is 133 cm³/mol. The van der Waals surface area contributed by atoms with Gasteiger partial charge in [0.1, 0.15) is 4.83 Å². The quantitative estimate of drug-likeness (QED) is 0.306. The first-order valence-corrected chi connectivity index (χ1v) is 12.6. The predicted octanol–water partition coefficient (Wildman–Crippen LogP) is 4.71. The minimum absolute atomic E-state index is 0.0268. The van der Waals surface area contributed by atoms with E-state index in [0.29, 0.717) is 27.3 Å². The summed E-state index contributed by atoms with van der Waals surface area (Å²) in [5, 5.41) is 16.8. The van der Waals surface area contributed by atoms with Crippen LogP contribution in [-0.2, 0) is 24.2 Å². The summed E-state index contributed by atoms with van der Waals surface area (Å²) in [6.07, 6.45) is 5.77. The Labute approximate surface area is 202 Å². The van der Waals surface area contributed by atoms with Gasteiger partial charge < -0.3 is 5.32 Å². The summed E-state index contributed by atoms with van der Waals surface area (Å²) in [5.74, 6) is -0.268. The van der Waals surface area contributed by atoms with Gasteiger partial charge in [0.15, 0.2) is 5.13 Å². The number of nitrogens with zero attached hydrogens (tertiary/aromatic N) is 4. The van der Waals surface area contributed by atoms with E-state index in [-0.39, 0.29) is 30.1 Å². The fourth-order valence-corrected chi connectivity index (χ4v) is 6.13. The molecule has 1 N–H and O–H groups in total. The van der Waals surface area contributed by atoms with Crippen LogP contribution >= 0.6 is 22.7 Å². The van der Waals surface area contributed by atoms with Crippen molar-refractivity contribution in [3.63, 3.8) is 0 Å². The molecule has 0 saturated carbocycles. The fraction of sp³-hybridized carbons (Fsp3) is 0.304. The lowest BCUT2D eigenvalue weighted by Gasteiger charge is -2.10. The summed E-state index contributed by atoms with van der Waals surface area (Å²) >= 11 is 2.85. The number of anilines is 1. The highest BCUT2D eigenvalue weighted by atomic mass is 32.1. The highest BCUT2D eigenvalue weighted by molar-refractivity contribution is 7.18. The van der Waals surface area contributed by atoms with Crippen molar-refractivity contribution in [1.29, 1.82) is 0 Å². The molecule has 0 bridgehead atoms. The Bertz CT molecular complexity index is 1490. The van der Waals surface area contributed by atoms with Crippen molar-refractivity contribution in [1.82, 2.24) is 14.5 Å². The van der Waals surface area contributed by atoms with Crippen molar-refractivity contribution in [3.05, 3.63) is 66.4 Å². The van der Waals surface area contributed by atoms with E-state index < -0.39 is 4.92 Å². The van der Waals surface area contributed by atoms with Crippen LogP contribution in [0.1, 0.15) is 35.3 Å². The molecule has 0 aliphatic heterocycles. The van der Waals surface area contributed by atoms with E-state index in [1.165, 1.54) is 33.2 Å². The van der Waals surface area contributed by atoms with E-state index in [1.807, 2.05) is 0 Å². The summed E-state index contributed by atoms with van der Waals surface area (Å²) in [4.78, 5) is 47.2. The zero-order valence-electron chi connectivity index (χ0n) is 18.4. The number of hydrogen-bond acceptors (Lipinski definition) is 8. The molecule has 0 atom stereocenters. The van der Waals surface area contributed by atoms with Gasteiger partial charge in [-0.3, -0.25) is 24.3 Å². The number of fused-ring (bicyclic) bond motifs is 3. The molecule has 0 radical (unpaired) electrons. The summed E-state index contributed by atoms with van der Waals surface area (Å²) in [5.41, 5.74) is 2.81. The Morgan fingerprint density at radius 2 is 2.12 bits per heavy atom. The molecule has 3 heterocycles. The number of thiazole rings is 1. The molecule has 9 nitrogen and oxygen atoms in total. The molecule has 11 heteroatoms. The number of carbonyl (C=O) groups excluding carboxylic acids is 1. The van der Waals surface area contributed by atoms with Gasteiger partial charge in [-0.05, 0) is 38.2 Å². The zero-order chi connectivity index (χ0) is 23.8. The maximum absolute atomic E-state index is 13.0. The standard InChI is InChI=1S/C23H21N5O4S2/c1-13-6-7-14(10-17(13)28(31)32)16-11-33-23(25-16)26-19(29)8-9-27-12-24-21-20(22(27)30)15-4-2-3-5-18(15)34-21/h6-7,10-12H,2-5,8-9H2,1H3,(H,25,26,29). The lowest BCUT2D eigenvalue weighted by atomic mass is 9.97. The van der Waals surface area contributed by atoms with Crippen LogP contribution in [-0.4, -0.2) is 25.4 Å². The van der Waals surface area contributed by atoms with Crippen LogP contribution in [0, 0.1) is 17.0 Å². The summed E-state index contributed by atoms with van der Waals surface area (Å²) in [6.45, 7) is 1.90. The van der Waals surface area contributed by atoms with Gasteiger partial charge in [-0.2, -0.15) is 0 Å². The smallest absolute Gasteiger partial charge is 0.272 e. The minimum atomic E-state index is -0.423. The second-order valence-electron chi connectivity index (χ2n) is 8.23. The number of amides is 1. The number of nitro groups is 1. The van der Waals surface area contributed by atoms with E-state index in [4.69, 9.17) is 0 Å². The van der Waals surface area contributed by atoms with Crippen LogP contribution in [0.25, 0.3) is 21.5 Å². The van der Waals surface area contributed by atoms with Gasteiger partial charge in [0.05, 0.1) is 22.3 Å². The molecule has 0 spiro atoms. The van der Waals surface area contributed by atoms with Gasteiger partial charge in [-0.1, -0.05) is 12.1 Å². The van der Waals surface area contributed by atoms with Crippen LogP contribution in [0.2, 0.25) is 0 Å². The summed E-state index contributed by atoms with van der Waals surface area (Å²) in [6, 6.07) is 4.93. The zero-order valence-corrected chi connectivity index (χ0v) is 20.0. The SMILES string of the molecule is Cc1ccc(-c2csc(NC(=O)CCn3cnc4sc5c(c4c3=O)CCCC5)n2)cc1[N+](=O)[O-]. The molecular weight excluding hydrogens is 474 g/mol. The van der Waals surface area contributed by atoms with Crippen LogP contribution < -0.4 is 10.9 Å². The molecule has 1 aromatic carbocycles. The second-order valence-corrected chi connectivity index (χ2v) is 10.2. The Balaban J connectivity index is 1.27. The molecule has 1 aliphatic carbocycles. The number of aromatic nitrogens is 3. The monoisotopic (exact) mass is 495 g/mol. The van der Waals surface area contributed by atoms with Crippen LogP contribution in [0.4, 0.5) is 10.8 Å². The van der Waals surface area contributed by atoms with Crippen molar-refractivity contribution in [2.45, 2.75) is 45.6 Å². The van der Waals surface area contributed by atoms with Crippen LogP contribution in [0.3, 0.4) is 0 Å². The third-order valence-electron chi connectivity index (χ3n) is 5.97. The first kappa shape index (κ1) is 22.4. The molecule has 1 amide bonds.